The number of methoxy groups -OCH3 is 2. The zero-order valence-electron chi connectivity index (χ0n) is 18.3. The lowest BCUT2D eigenvalue weighted by molar-refractivity contribution is 0.0977. The summed E-state index contributed by atoms with van der Waals surface area (Å²) in [6.45, 7) is 4.71. The van der Waals surface area contributed by atoms with E-state index in [1.165, 1.54) is 11.3 Å². The Morgan fingerprint density at radius 3 is 2.62 bits per heavy atom. The van der Waals surface area contributed by atoms with Crippen LogP contribution >= 0.6 is 23.6 Å². The predicted molar refractivity (Wildman–Crippen MR) is 131 cm³/mol. The molecule has 1 aromatic heterocycles. The molecule has 0 bridgehead atoms. The van der Waals surface area contributed by atoms with E-state index in [-0.39, 0.29) is 11.0 Å². The lowest BCUT2D eigenvalue weighted by Crippen LogP contribution is -2.34. The zero-order chi connectivity index (χ0) is 23.1. The van der Waals surface area contributed by atoms with Gasteiger partial charge >= 0.3 is 0 Å². The third-order valence-electron chi connectivity index (χ3n) is 4.31. The van der Waals surface area contributed by atoms with Gasteiger partial charge < -0.3 is 19.5 Å². The Bertz CT molecular complexity index is 1100. The maximum Gasteiger partial charge on any atom is 0.257 e. The predicted octanol–water partition coefficient (Wildman–Crippen LogP) is 4.99. The molecule has 0 aliphatic heterocycles. The average molecular weight is 472 g/mol. The molecular formula is C23H25N3O4S2. The van der Waals surface area contributed by atoms with Gasteiger partial charge in [0.1, 0.15) is 5.75 Å². The summed E-state index contributed by atoms with van der Waals surface area (Å²) in [7, 11) is 3.18. The minimum atomic E-state index is -0.325. The van der Waals surface area contributed by atoms with Gasteiger partial charge in [-0.25, -0.2) is 4.98 Å². The number of benzene rings is 2. The number of ether oxygens (including phenoxy) is 3. The van der Waals surface area contributed by atoms with Crippen molar-refractivity contribution in [2.75, 3.05) is 26.1 Å². The summed E-state index contributed by atoms with van der Waals surface area (Å²) in [5.74, 6) is 1.98. The third kappa shape index (κ3) is 6.18. The molecule has 2 N–H and O–H groups in total. The molecule has 0 spiro atoms. The number of thiazole rings is 1. The van der Waals surface area contributed by atoms with Crippen LogP contribution < -0.4 is 24.8 Å². The molecule has 3 aromatic rings. The molecule has 168 valence electrons. The van der Waals surface area contributed by atoms with Crippen molar-refractivity contribution in [2.45, 2.75) is 13.8 Å². The first kappa shape index (κ1) is 23.5. The first-order valence-electron chi connectivity index (χ1n) is 9.92. The fourth-order valence-corrected chi connectivity index (χ4v) is 3.73. The van der Waals surface area contributed by atoms with Gasteiger partial charge in [0.05, 0.1) is 26.5 Å². The smallest absolute Gasteiger partial charge is 0.257 e. The maximum atomic E-state index is 12.6. The van der Waals surface area contributed by atoms with E-state index in [2.05, 4.69) is 29.5 Å². The van der Waals surface area contributed by atoms with Crippen molar-refractivity contribution in [2.24, 2.45) is 5.92 Å². The van der Waals surface area contributed by atoms with Gasteiger partial charge in [-0.05, 0) is 54.5 Å². The number of rotatable bonds is 8. The summed E-state index contributed by atoms with van der Waals surface area (Å²) in [5, 5.41) is 8.25. The lowest BCUT2D eigenvalue weighted by atomic mass is 10.1. The highest BCUT2D eigenvalue weighted by Crippen LogP contribution is 2.33. The standard InChI is InChI=1S/C23H25N3O4S2/c1-14(2)12-30-17-7-5-6-16(10-17)21(27)25-22(31)26-23-24-18(13-32-23)15-8-9-19(28-3)20(11-15)29-4/h5-11,13-14H,12H2,1-4H3,(H2,24,25,26,27,31). The highest BCUT2D eigenvalue weighted by Gasteiger charge is 2.13. The molecule has 0 aliphatic rings. The molecule has 0 fully saturated rings. The summed E-state index contributed by atoms with van der Waals surface area (Å²) in [5.41, 5.74) is 2.09. The van der Waals surface area contributed by atoms with Gasteiger partial charge in [0, 0.05) is 16.5 Å². The number of thiocarbonyl (C=S) groups is 1. The van der Waals surface area contributed by atoms with Gasteiger partial charge in [-0.2, -0.15) is 0 Å². The summed E-state index contributed by atoms with van der Waals surface area (Å²) in [6, 6.07) is 12.6. The molecule has 0 radical (unpaired) electrons. The van der Waals surface area contributed by atoms with Crippen molar-refractivity contribution < 1.29 is 19.0 Å². The second kappa shape index (κ2) is 10.9. The Balaban J connectivity index is 1.62. The summed E-state index contributed by atoms with van der Waals surface area (Å²) < 4.78 is 16.3. The summed E-state index contributed by atoms with van der Waals surface area (Å²) in [6.07, 6.45) is 0. The van der Waals surface area contributed by atoms with Crippen LogP contribution in [-0.4, -0.2) is 36.8 Å². The Morgan fingerprint density at radius 1 is 1.12 bits per heavy atom. The molecule has 0 aliphatic carbocycles. The molecule has 0 unspecified atom stereocenters. The largest absolute Gasteiger partial charge is 0.493 e. The number of anilines is 1. The quantitative estimate of drug-likeness (QED) is 0.448. The number of hydrogen-bond acceptors (Lipinski definition) is 7. The third-order valence-corrected chi connectivity index (χ3v) is 5.27. The second-order valence-corrected chi connectivity index (χ2v) is 8.51. The van der Waals surface area contributed by atoms with Crippen LogP contribution in [0.25, 0.3) is 11.3 Å². The number of hydrogen-bond donors (Lipinski definition) is 2. The van der Waals surface area contributed by atoms with E-state index < -0.39 is 0 Å². The number of amides is 1. The van der Waals surface area contributed by atoms with Crippen LogP contribution in [0.5, 0.6) is 17.2 Å². The van der Waals surface area contributed by atoms with E-state index in [0.29, 0.717) is 40.5 Å². The van der Waals surface area contributed by atoms with E-state index in [1.807, 2.05) is 29.6 Å². The Labute approximate surface area is 196 Å². The second-order valence-electron chi connectivity index (χ2n) is 7.25. The van der Waals surface area contributed by atoms with Gasteiger partial charge in [0.2, 0.25) is 0 Å². The van der Waals surface area contributed by atoms with Gasteiger partial charge in [-0.3, -0.25) is 10.1 Å². The molecule has 9 heteroatoms. The van der Waals surface area contributed by atoms with Crippen LogP contribution in [0.4, 0.5) is 5.13 Å². The topological polar surface area (TPSA) is 81.7 Å². The number of nitrogens with zero attached hydrogens (tertiary/aromatic N) is 1. The number of nitrogens with one attached hydrogen (secondary N) is 2. The maximum absolute atomic E-state index is 12.6. The van der Waals surface area contributed by atoms with E-state index in [0.717, 1.165) is 11.3 Å². The van der Waals surface area contributed by atoms with E-state index >= 15 is 0 Å². The molecule has 3 rings (SSSR count). The molecule has 32 heavy (non-hydrogen) atoms. The summed E-state index contributed by atoms with van der Waals surface area (Å²) >= 11 is 6.66. The average Bonchev–Trinajstić information content (AvgIpc) is 3.25. The van der Waals surface area contributed by atoms with Gasteiger partial charge in [-0.15, -0.1) is 11.3 Å². The van der Waals surface area contributed by atoms with Crippen LogP contribution in [0, 0.1) is 5.92 Å². The van der Waals surface area contributed by atoms with Crippen molar-refractivity contribution in [3.63, 3.8) is 0 Å². The monoisotopic (exact) mass is 471 g/mol. The number of carbonyl (C=O) groups excluding carboxylic acids is 1. The SMILES string of the molecule is COc1ccc(-c2csc(NC(=S)NC(=O)c3cccc(OCC(C)C)c3)n2)cc1OC. The fourth-order valence-electron chi connectivity index (χ4n) is 2.75. The Kier molecular flexibility index (Phi) is 8.02. The normalized spacial score (nSPS) is 10.5. The first-order valence-corrected chi connectivity index (χ1v) is 11.2. The minimum absolute atomic E-state index is 0.164. The van der Waals surface area contributed by atoms with Crippen LogP contribution in [0.15, 0.2) is 47.8 Å². The van der Waals surface area contributed by atoms with Crippen LogP contribution in [0.3, 0.4) is 0 Å². The van der Waals surface area contributed by atoms with Crippen molar-refractivity contribution in [1.82, 2.24) is 10.3 Å². The molecule has 7 nitrogen and oxygen atoms in total. The molecule has 2 aromatic carbocycles. The molecule has 1 heterocycles. The molecular weight excluding hydrogens is 446 g/mol. The highest BCUT2D eigenvalue weighted by molar-refractivity contribution is 7.80. The van der Waals surface area contributed by atoms with Gasteiger partial charge in [0.25, 0.3) is 5.91 Å². The van der Waals surface area contributed by atoms with Crippen LogP contribution in [-0.2, 0) is 0 Å². The van der Waals surface area contributed by atoms with Crippen LogP contribution in [0.2, 0.25) is 0 Å². The molecule has 0 saturated heterocycles. The van der Waals surface area contributed by atoms with E-state index in [9.17, 15) is 4.79 Å². The van der Waals surface area contributed by atoms with Gasteiger partial charge in [-0.1, -0.05) is 19.9 Å². The zero-order valence-corrected chi connectivity index (χ0v) is 19.9. The van der Waals surface area contributed by atoms with E-state index in [4.69, 9.17) is 26.4 Å². The number of carbonyl (C=O) groups is 1. The molecule has 1 amide bonds. The first-order chi connectivity index (χ1) is 15.4. The van der Waals surface area contributed by atoms with Crippen molar-refractivity contribution in [3.8, 4) is 28.5 Å². The summed E-state index contributed by atoms with van der Waals surface area (Å²) in [4.78, 5) is 17.1. The van der Waals surface area contributed by atoms with Crippen molar-refractivity contribution >= 4 is 39.7 Å². The van der Waals surface area contributed by atoms with E-state index in [1.54, 1.807) is 32.4 Å². The highest BCUT2D eigenvalue weighted by atomic mass is 32.1. The Hall–Kier alpha value is -3.17. The molecule has 0 atom stereocenters. The lowest BCUT2D eigenvalue weighted by Gasteiger charge is -2.11. The van der Waals surface area contributed by atoms with Crippen molar-refractivity contribution in [1.29, 1.82) is 0 Å². The minimum Gasteiger partial charge on any atom is -0.493 e. The molecule has 0 saturated carbocycles. The van der Waals surface area contributed by atoms with Gasteiger partial charge in [0.15, 0.2) is 21.7 Å². The Morgan fingerprint density at radius 2 is 1.91 bits per heavy atom. The van der Waals surface area contributed by atoms with Crippen LogP contribution in [0.1, 0.15) is 24.2 Å². The van der Waals surface area contributed by atoms with Crippen molar-refractivity contribution in [3.05, 3.63) is 53.4 Å². The fraction of sp³-hybridized carbons (Fsp3) is 0.261. The number of aromatic nitrogens is 1.